The molecular formula is C19H17FN6O2S. The number of nitrogen functional groups attached to an aromatic ring is 1. The van der Waals surface area contributed by atoms with E-state index in [0.717, 1.165) is 5.69 Å². The number of amides is 1. The van der Waals surface area contributed by atoms with Crippen LogP contribution in [0.1, 0.15) is 34.8 Å². The molecule has 0 aliphatic carbocycles. The summed E-state index contributed by atoms with van der Waals surface area (Å²) in [5.41, 5.74) is 7.54. The maximum atomic E-state index is 14.0. The van der Waals surface area contributed by atoms with Gasteiger partial charge in [0.2, 0.25) is 0 Å². The molecule has 4 aromatic rings. The number of nitrogens with two attached hydrogens (primary N) is 1. The van der Waals surface area contributed by atoms with E-state index in [0.29, 0.717) is 46.5 Å². The Kier molecular flexibility index (Phi) is 3.91. The third-order valence-electron chi connectivity index (χ3n) is 5.24. The Balaban J connectivity index is 1.54. The van der Waals surface area contributed by atoms with Crippen LogP contribution in [0.2, 0.25) is 0 Å². The molecule has 4 heterocycles. The summed E-state index contributed by atoms with van der Waals surface area (Å²) in [5.74, 6) is 1.05. The van der Waals surface area contributed by atoms with E-state index in [9.17, 15) is 9.18 Å². The minimum absolute atomic E-state index is 0.238. The zero-order valence-corrected chi connectivity index (χ0v) is 16.5. The van der Waals surface area contributed by atoms with Crippen LogP contribution in [0, 0.1) is 12.7 Å². The van der Waals surface area contributed by atoms with Crippen LogP contribution in [-0.2, 0) is 6.54 Å². The third kappa shape index (κ3) is 2.63. The molecule has 10 heteroatoms. The van der Waals surface area contributed by atoms with Gasteiger partial charge in [0, 0.05) is 13.1 Å². The number of fused-ring (bicyclic) bond motifs is 2. The average molecular weight is 412 g/mol. The van der Waals surface area contributed by atoms with E-state index in [1.165, 1.54) is 36.0 Å². The lowest BCUT2D eigenvalue weighted by atomic mass is 10.1. The van der Waals surface area contributed by atoms with Crippen LogP contribution >= 0.6 is 11.5 Å². The van der Waals surface area contributed by atoms with Gasteiger partial charge in [0.25, 0.3) is 5.91 Å². The van der Waals surface area contributed by atoms with Gasteiger partial charge in [-0.3, -0.25) is 4.79 Å². The van der Waals surface area contributed by atoms with E-state index in [4.69, 9.17) is 10.2 Å². The van der Waals surface area contributed by atoms with E-state index >= 15 is 0 Å². The van der Waals surface area contributed by atoms with E-state index in [1.807, 2.05) is 18.4 Å². The summed E-state index contributed by atoms with van der Waals surface area (Å²) in [5, 5.41) is 0.988. The lowest BCUT2D eigenvalue weighted by molar-refractivity contribution is 0.0647. The number of furan rings is 1. The molecule has 2 N–H and O–H groups in total. The zero-order valence-electron chi connectivity index (χ0n) is 15.7. The highest BCUT2D eigenvalue weighted by atomic mass is 32.1. The molecule has 5 rings (SSSR count). The minimum atomic E-state index is -0.420. The number of rotatable bonds is 2. The number of anilines is 1. The van der Waals surface area contributed by atoms with Gasteiger partial charge in [-0.1, -0.05) is 0 Å². The number of carbonyl (C=O) groups excluding carboxylic acids is 1. The van der Waals surface area contributed by atoms with Crippen molar-refractivity contribution in [2.75, 3.05) is 12.3 Å². The molecule has 1 amide bonds. The van der Waals surface area contributed by atoms with E-state index < -0.39 is 5.82 Å². The molecule has 1 aliphatic rings. The molecule has 0 saturated heterocycles. The molecule has 1 aliphatic heterocycles. The van der Waals surface area contributed by atoms with Gasteiger partial charge in [-0.25, -0.2) is 14.4 Å². The molecule has 0 bridgehead atoms. The third-order valence-corrected chi connectivity index (χ3v) is 6.04. The number of halogens is 1. The molecule has 1 aromatic carbocycles. The first-order chi connectivity index (χ1) is 14.0. The van der Waals surface area contributed by atoms with Gasteiger partial charge in [0.1, 0.15) is 23.0 Å². The number of benzene rings is 1. The van der Waals surface area contributed by atoms with Gasteiger partial charge in [0.05, 0.1) is 28.9 Å². The molecule has 1 atom stereocenters. The van der Waals surface area contributed by atoms with Crippen molar-refractivity contribution in [3.05, 3.63) is 47.4 Å². The second kappa shape index (κ2) is 6.38. The van der Waals surface area contributed by atoms with Crippen molar-refractivity contribution in [2.45, 2.75) is 26.4 Å². The molecule has 0 unspecified atom stereocenters. The van der Waals surface area contributed by atoms with Crippen LogP contribution in [0.5, 0.6) is 0 Å². The lowest BCUT2D eigenvalue weighted by Crippen LogP contribution is -2.41. The summed E-state index contributed by atoms with van der Waals surface area (Å²) in [6.45, 7) is 4.70. The number of aryl methyl sites for hydroxylation is 1. The quantitative estimate of drug-likeness (QED) is 0.541. The Morgan fingerprint density at radius 2 is 2.14 bits per heavy atom. The predicted molar refractivity (Wildman–Crippen MR) is 106 cm³/mol. The summed E-state index contributed by atoms with van der Waals surface area (Å²) in [6, 6.07) is 3.95. The number of carbonyl (C=O) groups is 1. The normalized spacial score (nSPS) is 16.4. The smallest absolute Gasteiger partial charge is 0.258 e. The van der Waals surface area contributed by atoms with Crippen LogP contribution in [0.15, 0.2) is 28.9 Å². The first-order valence-electron chi connectivity index (χ1n) is 9.09. The predicted octanol–water partition coefficient (Wildman–Crippen LogP) is 3.39. The molecule has 0 saturated carbocycles. The first kappa shape index (κ1) is 17.8. The molecule has 0 fully saturated rings. The molecular weight excluding hydrogens is 395 g/mol. The van der Waals surface area contributed by atoms with Gasteiger partial charge in [-0.05, 0) is 43.6 Å². The van der Waals surface area contributed by atoms with Crippen LogP contribution in [-0.4, -0.2) is 36.3 Å². The summed E-state index contributed by atoms with van der Waals surface area (Å²) in [7, 11) is 0. The van der Waals surface area contributed by atoms with Gasteiger partial charge >= 0.3 is 0 Å². The van der Waals surface area contributed by atoms with Gasteiger partial charge < -0.3 is 19.6 Å². The Morgan fingerprint density at radius 1 is 1.31 bits per heavy atom. The van der Waals surface area contributed by atoms with E-state index in [2.05, 4.69) is 14.3 Å². The molecule has 0 radical (unpaired) electrons. The maximum Gasteiger partial charge on any atom is 0.258 e. The summed E-state index contributed by atoms with van der Waals surface area (Å²) < 4.78 is 25.6. The highest BCUT2D eigenvalue weighted by molar-refractivity contribution is 7.09. The molecule has 8 nitrogen and oxygen atoms in total. The molecule has 3 aromatic heterocycles. The highest BCUT2D eigenvalue weighted by Gasteiger charge is 2.34. The number of hydrogen-bond acceptors (Lipinski definition) is 7. The summed E-state index contributed by atoms with van der Waals surface area (Å²) >= 11 is 1.27. The second-order valence-corrected chi connectivity index (χ2v) is 7.69. The standard InChI is InChI=1S/C19H17FN6O2S/c1-9-14-16(21)23-17(18-22-10(2)24-29-18)26(14)7-6-25(9)19(27)12-3-4-13(20)11-5-8-28-15(11)12/h3-5,8-9H,6-7,21H2,1-2H3/t9-/m1/s1. The van der Waals surface area contributed by atoms with Crippen molar-refractivity contribution >= 4 is 34.2 Å². The second-order valence-electron chi connectivity index (χ2n) is 6.94. The largest absolute Gasteiger partial charge is 0.463 e. The minimum Gasteiger partial charge on any atom is -0.463 e. The van der Waals surface area contributed by atoms with Crippen LogP contribution in [0.4, 0.5) is 10.2 Å². The fraction of sp³-hybridized carbons (Fsp3) is 0.263. The maximum absolute atomic E-state index is 14.0. The Bertz CT molecular complexity index is 1260. The van der Waals surface area contributed by atoms with Crippen molar-refractivity contribution in [3.63, 3.8) is 0 Å². The monoisotopic (exact) mass is 412 g/mol. The fourth-order valence-corrected chi connectivity index (χ4v) is 4.55. The number of imidazole rings is 1. The fourth-order valence-electron chi connectivity index (χ4n) is 3.88. The first-order valence-corrected chi connectivity index (χ1v) is 9.86. The van der Waals surface area contributed by atoms with Crippen LogP contribution < -0.4 is 5.73 Å². The van der Waals surface area contributed by atoms with Crippen molar-refractivity contribution in [1.29, 1.82) is 0 Å². The highest BCUT2D eigenvalue weighted by Crippen LogP contribution is 2.36. The molecule has 29 heavy (non-hydrogen) atoms. The van der Waals surface area contributed by atoms with Crippen molar-refractivity contribution < 1.29 is 13.6 Å². The van der Waals surface area contributed by atoms with Crippen molar-refractivity contribution in [2.24, 2.45) is 0 Å². The zero-order chi connectivity index (χ0) is 20.3. The average Bonchev–Trinajstić information content (AvgIpc) is 3.41. The van der Waals surface area contributed by atoms with Gasteiger partial charge in [-0.2, -0.15) is 4.37 Å². The van der Waals surface area contributed by atoms with Crippen molar-refractivity contribution in [3.8, 4) is 10.8 Å². The van der Waals surface area contributed by atoms with Crippen molar-refractivity contribution in [1.82, 2.24) is 23.8 Å². The Morgan fingerprint density at radius 3 is 2.90 bits per heavy atom. The Hall–Kier alpha value is -3.27. The van der Waals surface area contributed by atoms with Gasteiger partial charge in [-0.15, -0.1) is 0 Å². The number of aromatic nitrogens is 4. The van der Waals surface area contributed by atoms with Crippen LogP contribution in [0.3, 0.4) is 0 Å². The summed E-state index contributed by atoms with van der Waals surface area (Å²) in [4.78, 5) is 23.9. The molecule has 148 valence electrons. The van der Waals surface area contributed by atoms with E-state index in [1.54, 1.807) is 4.90 Å². The lowest BCUT2D eigenvalue weighted by Gasteiger charge is -2.35. The summed E-state index contributed by atoms with van der Waals surface area (Å²) in [6.07, 6.45) is 1.38. The van der Waals surface area contributed by atoms with Crippen LogP contribution in [0.25, 0.3) is 21.8 Å². The Labute approximate surface area is 168 Å². The molecule has 0 spiro atoms. The van der Waals surface area contributed by atoms with Gasteiger partial charge in [0.15, 0.2) is 10.8 Å². The topological polar surface area (TPSA) is 103 Å². The number of hydrogen-bond donors (Lipinski definition) is 1. The SMILES string of the molecule is Cc1nsc(-c2nc(N)c3n2CCN(C(=O)c2ccc(F)c4ccoc24)[C@@H]3C)n1. The van der Waals surface area contributed by atoms with E-state index in [-0.39, 0.29) is 17.5 Å². The number of nitrogens with zero attached hydrogens (tertiary/aromatic N) is 5.